The number of hydrogen-bond donors (Lipinski definition) is 3. The van der Waals surface area contributed by atoms with Crippen LogP contribution >= 0.6 is 0 Å². The zero-order valence-electron chi connectivity index (χ0n) is 15.5. The fourth-order valence-corrected chi connectivity index (χ4v) is 4.00. The highest BCUT2D eigenvalue weighted by Gasteiger charge is 2.36. The Hall–Kier alpha value is -1.37. The van der Waals surface area contributed by atoms with E-state index in [9.17, 15) is 23.4 Å². The first-order valence-corrected chi connectivity index (χ1v) is 10.2. The largest absolute Gasteiger partial charge is 0.506 e. The molecule has 0 aromatic heterocycles. The van der Waals surface area contributed by atoms with Crippen LogP contribution in [0.1, 0.15) is 12.0 Å². The predicted molar refractivity (Wildman–Crippen MR) is 94.6 cm³/mol. The highest BCUT2D eigenvalue weighted by Crippen LogP contribution is 2.34. The smallest absolute Gasteiger partial charge is 0.500 e. The van der Waals surface area contributed by atoms with Gasteiger partial charge in [-0.1, -0.05) is 0 Å². The summed E-state index contributed by atoms with van der Waals surface area (Å²) in [5.74, 6) is -0.337. The molecule has 0 saturated heterocycles. The Morgan fingerprint density at radius 2 is 1.78 bits per heavy atom. The molecular weight excluding hydrogens is 387 g/mol. The number of anilines is 1. The number of phenols is 1. The third-order valence-corrected chi connectivity index (χ3v) is 6.70. The molecule has 0 saturated carbocycles. The van der Waals surface area contributed by atoms with Crippen LogP contribution in [-0.4, -0.2) is 66.2 Å². The second kappa shape index (κ2) is 10.8. The summed E-state index contributed by atoms with van der Waals surface area (Å²) in [6.45, 7) is 0.229. The van der Waals surface area contributed by atoms with Gasteiger partial charge in [-0.15, -0.1) is 0 Å². The molecule has 1 aromatic rings. The molecule has 1 unspecified atom stereocenters. The molecule has 156 valence electrons. The van der Waals surface area contributed by atoms with E-state index in [1.165, 1.54) is 21.3 Å². The van der Waals surface area contributed by atoms with Crippen LogP contribution in [0, 0.1) is 0 Å². The average molecular weight is 413 g/mol. The van der Waals surface area contributed by atoms with Crippen molar-refractivity contribution in [2.75, 3.05) is 46.4 Å². The highest BCUT2D eigenvalue weighted by molar-refractivity contribution is 6.60. The zero-order valence-corrected chi connectivity index (χ0v) is 16.5. The van der Waals surface area contributed by atoms with Crippen molar-refractivity contribution in [3.8, 4) is 5.75 Å². The Morgan fingerprint density at radius 1 is 1.15 bits per heavy atom. The number of alkyl halides is 3. The third-order valence-electron chi connectivity index (χ3n) is 3.87. The molecule has 0 aliphatic heterocycles. The number of phenolic OH excluding ortho intramolecular Hbond substituents is 1. The normalized spacial score (nSPS) is 13.6. The maximum Gasteiger partial charge on any atom is 0.500 e. The van der Waals surface area contributed by atoms with Gasteiger partial charge in [-0.3, -0.25) is 0 Å². The maximum atomic E-state index is 12.7. The van der Waals surface area contributed by atoms with Crippen molar-refractivity contribution in [1.29, 1.82) is 0 Å². The van der Waals surface area contributed by atoms with Crippen molar-refractivity contribution >= 4 is 14.5 Å². The lowest BCUT2D eigenvalue weighted by Crippen LogP contribution is -2.42. The lowest BCUT2D eigenvalue weighted by molar-refractivity contribution is -0.137. The fourth-order valence-electron chi connectivity index (χ4n) is 2.31. The molecule has 0 aliphatic rings. The molecule has 0 bridgehead atoms. The van der Waals surface area contributed by atoms with Crippen LogP contribution in [0.4, 0.5) is 18.9 Å². The number of nitrogens with one attached hydrogen (secondary N) is 1. The monoisotopic (exact) mass is 413 g/mol. The minimum absolute atomic E-state index is 0.0196. The molecule has 3 N–H and O–H groups in total. The summed E-state index contributed by atoms with van der Waals surface area (Å²) in [6.07, 6.45) is -4.89. The molecule has 0 spiro atoms. The standard InChI is InChI=1S/C16H26F3NO6Si/c1-23-27(24-2,25-3)8-4-7-26-11-13(21)10-20-14-9-12(16(17,18)19)5-6-15(14)22/h5-6,9,13,20-22H,4,7-8,10-11H2,1-3H3. The van der Waals surface area contributed by atoms with Gasteiger partial charge in [0, 0.05) is 40.5 Å². The molecule has 0 heterocycles. The SMILES string of the molecule is CO[Si](CCCOCC(O)CNc1cc(C(F)(F)F)ccc1O)(OC)OC. The number of aliphatic hydroxyl groups is 1. The minimum Gasteiger partial charge on any atom is -0.506 e. The number of rotatable bonds is 12. The second-order valence-corrected chi connectivity index (χ2v) is 8.83. The summed E-state index contributed by atoms with van der Waals surface area (Å²) in [5, 5.41) is 22.1. The van der Waals surface area contributed by atoms with Gasteiger partial charge < -0.3 is 33.5 Å². The molecule has 0 amide bonds. The second-order valence-electron chi connectivity index (χ2n) is 5.74. The molecule has 11 heteroatoms. The highest BCUT2D eigenvalue weighted by atomic mass is 28.4. The predicted octanol–water partition coefficient (Wildman–Crippen LogP) is 2.47. The summed E-state index contributed by atoms with van der Waals surface area (Å²) in [7, 11) is 1.88. The van der Waals surface area contributed by atoms with E-state index >= 15 is 0 Å². The number of aliphatic hydroxyl groups excluding tert-OH is 1. The molecular formula is C16H26F3NO6Si. The van der Waals surface area contributed by atoms with Gasteiger partial charge in [0.1, 0.15) is 5.75 Å². The lowest BCUT2D eigenvalue weighted by atomic mass is 10.1. The third kappa shape index (κ3) is 7.64. The van der Waals surface area contributed by atoms with Crippen LogP contribution in [0.5, 0.6) is 5.75 Å². The van der Waals surface area contributed by atoms with Crippen molar-refractivity contribution in [2.24, 2.45) is 0 Å². The number of hydrogen-bond acceptors (Lipinski definition) is 7. The zero-order chi connectivity index (χ0) is 20.5. The van der Waals surface area contributed by atoms with Gasteiger partial charge in [-0.2, -0.15) is 13.2 Å². The molecule has 0 radical (unpaired) electrons. The molecule has 7 nitrogen and oxygen atoms in total. The Kier molecular flexibility index (Phi) is 9.49. The molecule has 27 heavy (non-hydrogen) atoms. The first-order valence-electron chi connectivity index (χ1n) is 8.22. The van der Waals surface area contributed by atoms with Gasteiger partial charge in [0.15, 0.2) is 0 Å². The summed E-state index contributed by atoms with van der Waals surface area (Å²) in [5.41, 5.74) is -1.00. The summed E-state index contributed by atoms with van der Waals surface area (Å²) in [4.78, 5) is 0. The van der Waals surface area contributed by atoms with Gasteiger partial charge in [0.25, 0.3) is 0 Å². The average Bonchev–Trinajstić information content (AvgIpc) is 2.63. The van der Waals surface area contributed by atoms with Crippen molar-refractivity contribution in [1.82, 2.24) is 0 Å². The molecule has 0 aliphatic carbocycles. The fraction of sp³-hybridized carbons (Fsp3) is 0.625. The van der Waals surface area contributed by atoms with Gasteiger partial charge in [-0.25, -0.2) is 0 Å². The van der Waals surface area contributed by atoms with E-state index in [4.69, 9.17) is 18.0 Å². The summed E-state index contributed by atoms with van der Waals surface area (Å²) in [6, 6.07) is 3.06. The van der Waals surface area contributed by atoms with Crippen LogP contribution in [0.2, 0.25) is 6.04 Å². The van der Waals surface area contributed by atoms with Crippen molar-refractivity contribution in [2.45, 2.75) is 24.7 Å². The van der Waals surface area contributed by atoms with Gasteiger partial charge >= 0.3 is 15.0 Å². The Labute approximate surface area is 157 Å². The van der Waals surface area contributed by atoms with Gasteiger partial charge in [0.05, 0.1) is 24.0 Å². The topological polar surface area (TPSA) is 89.4 Å². The van der Waals surface area contributed by atoms with Crippen LogP contribution in [-0.2, 0) is 24.2 Å². The van der Waals surface area contributed by atoms with Crippen LogP contribution in [0.25, 0.3) is 0 Å². The van der Waals surface area contributed by atoms with Crippen LogP contribution < -0.4 is 5.32 Å². The van der Waals surface area contributed by atoms with Crippen molar-refractivity contribution in [3.05, 3.63) is 23.8 Å². The Bertz CT molecular complexity index is 563. The van der Waals surface area contributed by atoms with Crippen molar-refractivity contribution in [3.63, 3.8) is 0 Å². The van der Waals surface area contributed by atoms with E-state index in [-0.39, 0.29) is 24.6 Å². The van der Waals surface area contributed by atoms with E-state index in [0.29, 0.717) is 19.1 Å². The van der Waals surface area contributed by atoms with E-state index < -0.39 is 26.6 Å². The molecule has 1 aromatic carbocycles. The van der Waals surface area contributed by atoms with E-state index in [2.05, 4.69) is 5.32 Å². The van der Waals surface area contributed by atoms with E-state index in [0.717, 1.165) is 18.2 Å². The quantitative estimate of drug-likeness (QED) is 0.276. The number of benzene rings is 1. The first-order chi connectivity index (χ1) is 12.7. The Balaban J connectivity index is 2.37. The van der Waals surface area contributed by atoms with Crippen LogP contribution in [0.15, 0.2) is 18.2 Å². The van der Waals surface area contributed by atoms with Crippen molar-refractivity contribution < 1.29 is 41.4 Å². The first kappa shape index (κ1) is 23.7. The molecule has 1 atom stereocenters. The lowest BCUT2D eigenvalue weighted by Gasteiger charge is -2.24. The number of aromatic hydroxyl groups is 1. The van der Waals surface area contributed by atoms with E-state index in [1.807, 2.05) is 0 Å². The summed E-state index contributed by atoms with van der Waals surface area (Å²) < 4.78 is 59.2. The van der Waals surface area contributed by atoms with Crippen LogP contribution in [0.3, 0.4) is 0 Å². The van der Waals surface area contributed by atoms with Gasteiger partial charge in [-0.05, 0) is 24.6 Å². The summed E-state index contributed by atoms with van der Waals surface area (Å²) >= 11 is 0. The molecule has 1 rings (SSSR count). The number of ether oxygens (including phenoxy) is 1. The van der Waals surface area contributed by atoms with E-state index in [1.54, 1.807) is 0 Å². The molecule has 0 fully saturated rings. The van der Waals surface area contributed by atoms with Gasteiger partial charge in [0.2, 0.25) is 0 Å². The minimum atomic E-state index is -4.52. The maximum absolute atomic E-state index is 12.7. The number of halogens is 3. The Morgan fingerprint density at radius 3 is 2.33 bits per heavy atom.